The van der Waals surface area contributed by atoms with Crippen LogP contribution in [-0.2, 0) is 0 Å². The number of hydrogen-bond donors (Lipinski definition) is 1. The third-order valence-corrected chi connectivity index (χ3v) is 3.49. The van der Waals surface area contributed by atoms with Crippen LogP contribution in [0.25, 0.3) is 0 Å². The van der Waals surface area contributed by atoms with Gasteiger partial charge in [0.15, 0.2) is 11.5 Å². The average molecular weight is 265 g/mol. The highest BCUT2D eigenvalue weighted by Crippen LogP contribution is 2.26. The van der Waals surface area contributed by atoms with Crippen LogP contribution in [-0.4, -0.2) is 26.3 Å². The fraction of sp³-hybridized carbons (Fsp3) is 0.625. The largest absolute Gasteiger partial charge is 0.493 e. The lowest BCUT2D eigenvalue weighted by Crippen LogP contribution is -2.34. The molecule has 2 atom stereocenters. The van der Waals surface area contributed by atoms with Crippen molar-refractivity contribution in [1.29, 1.82) is 0 Å². The van der Waals surface area contributed by atoms with Crippen molar-refractivity contribution in [2.45, 2.75) is 39.7 Å². The van der Waals surface area contributed by atoms with Gasteiger partial charge in [0.25, 0.3) is 0 Å². The third kappa shape index (κ3) is 5.11. The van der Waals surface area contributed by atoms with Crippen LogP contribution in [0.1, 0.15) is 33.6 Å². The Kier molecular flexibility index (Phi) is 7.34. The number of hydrogen-bond acceptors (Lipinski definition) is 3. The molecule has 0 aliphatic carbocycles. The van der Waals surface area contributed by atoms with Gasteiger partial charge in [-0.1, -0.05) is 32.9 Å². The van der Waals surface area contributed by atoms with E-state index in [1.165, 1.54) is 0 Å². The van der Waals surface area contributed by atoms with Gasteiger partial charge >= 0.3 is 0 Å². The number of rotatable bonds is 9. The average Bonchev–Trinajstić information content (AvgIpc) is 2.45. The Morgan fingerprint density at radius 2 is 1.84 bits per heavy atom. The summed E-state index contributed by atoms with van der Waals surface area (Å²) in [6.45, 7) is 8.41. The van der Waals surface area contributed by atoms with Gasteiger partial charge in [-0.15, -0.1) is 0 Å². The lowest BCUT2D eigenvalue weighted by molar-refractivity contribution is 0.245. The monoisotopic (exact) mass is 265 g/mol. The first-order valence-corrected chi connectivity index (χ1v) is 7.22. The van der Waals surface area contributed by atoms with Gasteiger partial charge in [-0.2, -0.15) is 0 Å². The molecular weight excluding hydrogens is 238 g/mol. The van der Waals surface area contributed by atoms with Gasteiger partial charge in [-0.05, 0) is 37.4 Å². The molecular formula is C16H27NO2. The fourth-order valence-electron chi connectivity index (χ4n) is 2.30. The summed E-state index contributed by atoms with van der Waals surface area (Å²) < 4.78 is 11.1. The minimum atomic E-state index is 0.575. The molecule has 0 aromatic heterocycles. The van der Waals surface area contributed by atoms with E-state index in [-0.39, 0.29) is 0 Å². The molecule has 108 valence electrons. The summed E-state index contributed by atoms with van der Waals surface area (Å²) >= 11 is 0. The summed E-state index contributed by atoms with van der Waals surface area (Å²) in [5.41, 5.74) is 0. The van der Waals surface area contributed by atoms with Crippen LogP contribution in [0.3, 0.4) is 0 Å². The van der Waals surface area contributed by atoms with Crippen molar-refractivity contribution in [3.63, 3.8) is 0 Å². The minimum Gasteiger partial charge on any atom is -0.493 e. The summed E-state index contributed by atoms with van der Waals surface area (Å²) in [7, 11) is 1.67. The molecule has 19 heavy (non-hydrogen) atoms. The number of para-hydroxylation sites is 2. The topological polar surface area (TPSA) is 30.5 Å². The molecule has 2 unspecified atom stereocenters. The summed E-state index contributed by atoms with van der Waals surface area (Å²) in [6, 6.07) is 8.37. The molecule has 1 rings (SSSR count). The van der Waals surface area contributed by atoms with E-state index in [1.807, 2.05) is 24.3 Å². The van der Waals surface area contributed by atoms with Crippen LogP contribution in [0.5, 0.6) is 11.5 Å². The van der Waals surface area contributed by atoms with Crippen molar-refractivity contribution >= 4 is 0 Å². The second kappa shape index (κ2) is 8.81. The Hall–Kier alpha value is -1.22. The van der Waals surface area contributed by atoms with E-state index in [0.29, 0.717) is 12.0 Å². The first-order chi connectivity index (χ1) is 9.22. The highest BCUT2D eigenvalue weighted by atomic mass is 16.5. The van der Waals surface area contributed by atoms with Crippen LogP contribution in [0.15, 0.2) is 24.3 Å². The van der Waals surface area contributed by atoms with Crippen molar-refractivity contribution in [2.75, 3.05) is 20.3 Å². The van der Waals surface area contributed by atoms with Crippen LogP contribution in [0.4, 0.5) is 0 Å². The van der Waals surface area contributed by atoms with Gasteiger partial charge in [0.1, 0.15) is 0 Å². The maximum atomic E-state index is 5.82. The molecule has 0 bridgehead atoms. The maximum absolute atomic E-state index is 5.82. The summed E-state index contributed by atoms with van der Waals surface area (Å²) in [6.07, 6.45) is 2.20. The van der Waals surface area contributed by atoms with E-state index in [2.05, 4.69) is 26.1 Å². The number of ether oxygens (including phenoxy) is 2. The Morgan fingerprint density at radius 3 is 2.42 bits per heavy atom. The highest BCUT2D eigenvalue weighted by Gasteiger charge is 2.14. The van der Waals surface area contributed by atoms with E-state index in [4.69, 9.17) is 9.47 Å². The maximum Gasteiger partial charge on any atom is 0.161 e. The van der Waals surface area contributed by atoms with E-state index in [9.17, 15) is 0 Å². The van der Waals surface area contributed by atoms with E-state index >= 15 is 0 Å². The zero-order chi connectivity index (χ0) is 14.1. The Labute approximate surface area is 117 Å². The molecule has 1 aromatic rings. The first kappa shape index (κ1) is 15.8. The predicted octanol–water partition coefficient (Wildman–Crippen LogP) is 3.49. The SMILES string of the molecule is CCNC(CC)C(C)CCOc1ccccc1OC. The van der Waals surface area contributed by atoms with E-state index in [0.717, 1.165) is 37.5 Å². The highest BCUT2D eigenvalue weighted by molar-refractivity contribution is 5.39. The molecule has 1 N–H and O–H groups in total. The summed E-state index contributed by atoms with van der Waals surface area (Å²) in [5.74, 6) is 2.24. The summed E-state index contributed by atoms with van der Waals surface area (Å²) in [4.78, 5) is 0. The smallest absolute Gasteiger partial charge is 0.161 e. The van der Waals surface area contributed by atoms with Crippen molar-refractivity contribution in [3.8, 4) is 11.5 Å². The van der Waals surface area contributed by atoms with Crippen LogP contribution in [0.2, 0.25) is 0 Å². The summed E-state index contributed by atoms with van der Waals surface area (Å²) in [5, 5.41) is 3.52. The Bertz CT molecular complexity index is 354. The Balaban J connectivity index is 2.40. The fourth-order valence-corrected chi connectivity index (χ4v) is 2.30. The predicted molar refractivity (Wildman–Crippen MR) is 80.0 cm³/mol. The Morgan fingerprint density at radius 1 is 1.16 bits per heavy atom. The standard InChI is InChI=1S/C16H27NO2/c1-5-14(17-6-2)13(3)11-12-19-16-10-8-7-9-15(16)18-4/h7-10,13-14,17H,5-6,11-12H2,1-4H3. The molecule has 0 aliphatic heterocycles. The molecule has 0 saturated carbocycles. The van der Waals surface area contributed by atoms with Crippen molar-refractivity contribution in [1.82, 2.24) is 5.32 Å². The lowest BCUT2D eigenvalue weighted by atomic mass is 9.96. The van der Waals surface area contributed by atoms with Crippen LogP contribution in [0, 0.1) is 5.92 Å². The molecule has 0 fully saturated rings. The number of nitrogens with one attached hydrogen (secondary N) is 1. The molecule has 0 amide bonds. The van der Waals surface area contributed by atoms with E-state index < -0.39 is 0 Å². The molecule has 3 heteroatoms. The molecule has 1 aromatic carbocycles. The first-order valence-electron chi connectivity index (χ1n) is 7.22. The second-order valence-corrected chi connectivity index (χ2v) is 4.84. The van der Waals surface area contributed by atoms with Gasteiger partial charge < -0.3 is 14.8 Å². The van der Waals surface area contributed by atoms with Crippen LogP contribution < -0.4 is 14.8 Å². The molecule has 0 saturated heterocycles. The van der Waals surface area contributed by atoms with Crippen molar-refractivity contribution < 1.29 is 9.47 Å². The molecule has 0 aliphatic rings. The van der Waals surface area contributed by atoms with Crippen LogP contribution >= 0.6 is 0 Å². The zero-order valence-electron chi connectivity index (χ0n) is 12.6. The number of methoxy groups -OCH3 is 1. The molecule has 3 nitrogen and oxygen atoms in total. The molecule has 0 spiro atoms. The van der Waals surface area contributed by atoms with Crippen molar-refractivity contribution in [3.05, 3.63) is 24.3 Å². The minimum absolute atomic E-state index is 0.575. The second-order valence-electron chi connectivity index (χ2n) is 4.84. The van der Waals surface area contributed by atoms with Gasteiger partial charge in [0, 0.05) is 6.04 Å². The quantitative estimate of drug-likeness (QED) is 0.741. The lowest BCUT2D eigenvalue weighted by Gasteiger charge is -2.23. The molecule has 0 radical (unpaired) electrons. The van der Waals surface area contributed by atoms with Gasteiger partial charge in [-0.3, -0.25) is 0 Å². The molecule has 0 heterocycles. The number of benzene rings is 1. The third-order valence-electron chi connectivity index (χ3n) is 3.49. The van der Waals surface area contributed by atoms with Gasteiger partial charge in [0.05, 0.1) is 13.7 Å². The van der Waals surface area contributed by atoms with Gasteiger partial charge in [0.2, 0.25) is 0 Å². The normalized spacial score (nSPS) is 13.9. The van der Waals surface area contributed by atoms with Crippen molar-refractivity contribution in [2.24, 2.45) is 5.92 Å². The van der Waals surface area contributed by atoms with Gasteiger partial charge in [-0.25, -0.2) is 0 Å². The van der Waals surface area contributed by atoms with E-state index in [1.54, 1.807) is 7.11 Å². The zero-order valence-corrected chi connectivity index (χ0v) is 12.6.